The molecule has 0 spiro atoms. The molecule has 1 aromatic carbocycles. The highest BCUT2D eigenvalue weighted by Gasteiger charge is 2.27. The van der Waals surface area contributed by atoms with E-state index < -0.39 is 10.0 Å². The molecule has 8 nitrogen and oxygen atoms in total. The van der Waals surface area contributed by atoms with Crippen LogP contribution in [0.2, 0.25) is 0 Å². The summed E-state index contributed by atoms with van der Waals surface area (Å²) in [6.45, 7) is 2.42. The van der Waals surface area contributed by atoms with Crippen molar-refractivity contribution in [2.75, 3.05) is 44.3 Å². The molecule has 26 heavy (non-hydrogen) atoms. The SMILES string of the molecule is CN1CCN(S(=O)(=O)c2ccc(NC(=O)CSc3nncs3)cc2)CC1. The van der Waals surface area contributed by atoms with Crippen LogP contribution in [0.25, 0.3) is 0 Å². The number of hydrogen-bond acceptors (Lipinski definition) is 8. The molecule has 0 aliphatic carbocycles. The zero-order valence-electron chi connectivity index (χ0n) is 14.2. The van der Waals surface area contributed by atoms with Crippen LogP contribution in [0.5, 0.6) is 0 Å². The molecule has 3 rings (SSSR count). The standard InChI is InChI=1S/C15H19N5O3S3/c1-19-6-8-20(9-7-19)26(22,23)13-4-2-12(3-5-13)17-14(21)10-24-15-18-16-11-25-15/h2-5,11H,6-10H2,1H3,(H,17,21). The average molecular weight is 414 g/mol. The van der Waals surface area contributed by atoms with E-state index in [1.54, 1.807) is 17.6 Å². The lowest BCUT2D eigenvalue weighted by Crippen LogP contribution is -2.46. The van der Waals surface area contributed by atoms with Crippen LogP contribution in [-0.2, 0) is 14.8 Å². The summed E-state index contributed by atoms with van der Waals surface area (Å²) >= 11 is 2.68. The number of hydrogen-bond donors (Lipinski definition) is 1. The Morgan fingerprint density at radius 2 is 1.92 bits per heavy atom. The van der Waals surface area contributed by atoms with Crippen molar-refractivity contribution >= 4 is 44.7 Å². The minimum Gasteiger partial charge on any atom is -0.325 e. The molecular weight excluding hydrogens is 394 g/mol. The number of amides is 1. The lowest BCUT2D eigenvalue weighted by molar-refractivity contribution is -0.113. The molecule has 0 atom stereocenters. The largest absolute Gasteiger partial charge is 0.325 e. The fraction of sp³-hybridized carbons (Fsp3) is 0.400. The maximum atomic E-state index is 12.7. The molecular formula is C15H19N5O3S3. The summed E-state index contributed by atoms with van der Waals surface area (Å²) in [5.74, 6) is 0.0381. The second kappa shape index (κ2) is 8.44. The van der Waals surface area contributed by atoms with Gasteiger partial charge < -0.3 is 10.2 Å². The van der Waals surface area contributed by atoms with E-state index in [1.165, 1.54) is 39.5 Å². The van der Waals surface area contributed by atoms with Crippen molar-refractivity contribution in [2.45, 2.75) is 9.24 Å². The summed E-state index contributed by atoms with van der Waals surface area (Å²) in [5, 5.41) is 10.3. The van der Waals surface area contributed by atoms with Gasteiger partial charge in [-0.1, -0.05) is 23.1 Å². The van der Waals surface area contributed by atoms with E-state index in [4.69, 9.17) is 0 Å². The summed E-state index contributed by atoms with van der Waals surface area (Å²) in [5.41, 5.74) is 2.17. The smallest absolute Gasteiger partial charge is 0.243 e. The average Bonchev–Trinajstić information content (AvgIpc) is 3.14. The van der Waals surface area contributed by atoms with E-state index in [9.17, 15) is 13.2 Å². The molecule has 2 heterocycles. The van der Waals surface area contributed by atoms with Gasteiger partial charge in [-0.2, -0.15) is 4.31 Å². The molecule has 0 saturated carbocycles. The Morgan fingerprint density at radius 1 is 1.23 bits per heavy atom. The number of anilines is 1. The normalized spacial score (nSPS) is 16.5. The molecule has 1 saturated heterocycles. The first-order chi connectivity index (χ1) is 12.4. The van der Waals surface area contributed by atoms with Crippen LogP contribution in [0.4, 0.5) is 5.69 Å². The minimum atomic E-state index is -3.49. The number of carbonyl (C=O) groups is 1. The number of piperazine rings is 1. The van der Waals surface area contributed by atoms with Crippen molar-refractivity contribution in [3.8, 4) is 0 Å². The van der Waals surface area contributed by atoms with Crippen LogP contribution in [0, 0.1) is 0 Å². The van der Waals surface area contributed by atoms with Crippen LogP contribution >= 0.6 is 23.1 Å². The molecule has 1 amide bonds. The van der Waals surface area contributed by atoms with Gasteiger partial charge in [0.05, 0.1) is 10.6 Å². The highest BCUT2D eigenvalue weighted by Crippen LogP contribution is 2.21. The Balaban J connectivity index is 1.58. The Labute approximate surface area is 160 Å². The Morgan fingerprint density at radius 3 is 2.54 bits per heavy atom. The highest BCUT2D eigenvalue weighted by molar-refractivity contribution is 8.01. The number of nitrogens with one attached hydrogen (secondary N) is 1. The number of carbonyl (C=O) groups excluding carboxylic acids is 1. The second-order valence-electron chi connectivity index (χ2n) is 5.77. The van der Waals surface area contributed by atoms with E-state index in [1.807, 2.05) is 7.05 Å². The van der Waals surface area contributed by atoms with Crippen LogP contribution in [0.3, 0.4) is 0 Å². The number of likely N-dealkylation sites (N-methyl/N-ethyl adjacent to an activating group) is 1. The number of nitrogens with zero attached hydrogens (tertiary/aromatic N) is 4. The molecule has 2 aromatic rings. The van der Waals surface area contributed by atoms with Gasteiger partial charge in [-0.15, -0.1) is 10.2 Å². The van der Waals surface area contributed by atoms with Crippen molar-refractivity contribution < 1.29 is 13.2 Å². The summed E-state index contributed by atoms with van der Waals surface area (Å²) in [6, 6.07) is 6.27. The van der Waals surface area contributed by atoms with Gasteiger partial charge in [0.25, 0.3) is 0 Å². The topological polar surface area (TPSA) is 95.5 Å². The summed E-state index contributed by atoms with van der Waals surface area (Å²) in [7, 11) is -1.52. The Hall–Kier alpha value is -1.53. The molecule has 140 valence electrons. The first-order valence-electron chi connectivity index (χ1n) is 7.93. The third-order valence-electron chi connectivity index (χ3n) is 3.90. The van der Waals surface area contributed by atoms with Crippen molar-refractivity contribution in [3.05, 3.63) is 29.8 Å². The molecule has 0 unspecified atom stereocenters. The number of rotatable bonds is 6. The molecule has 1 aliphatic heterocycles. The lowest BCUT2D eigenvalue weighted by Gasteiger charge is -2.31. The molecule has 0 bridgehead atoms. The maximum absolute atomic E-state index is 12.7. The van der Waals surface area contributed by atoms with Gasteiger partial charge >= 0.3 is 0 Å². The quantitative estimate of drug-likeness (QED) is 0.711. The monoisotopic (exact) mass is 413 g/mol. The zero-order valence-corrected chi connectivity index (χ0v) is 16.6. The van der Waals surface area contributed by atoms with E-state index in [-0.39, 0.29) is 16.6 Å². The molecule has 0 radical (unpaired) electrons. The van der Waals surface area contributed by atoms with Gasteiger partial charge in [-0.3, -0.25) is 4.79 Å². The number of aromatic nitrogens is 2. The van der Waals surface area contributed by atoms with Gasteiger partial charge in [-0.05, 0) is 31.3 Å². The predicted octanol–water partition coefficient (Wildman–Crippen LogP) is 1.20. The summed E-state index contributed by atoms with van der Waals surface area (Å²) in [4.78, 5) is 14.3. The number of thioether (sulfide) groups is 1. The van der Waals surface area contributed by atoms with Gasteiger partial charge in [0.2, 0.25) is 15.9 Å². The number of benzene rings is 1. The highest BCUT2D eigenvalue weighted by atomic mass is 32.2. The van der Waals surface area contributed by atoms with E-state index in [2.05, 4.69) is 20.4 Å². The summed E-state index contributed by atoms with van der Waals surface area (Å²) < 4.78 is 27.6. The van der Waals surface area contributed by atoms with Crippen LogP contribution in [0.1, 0.15) is 0 Å². The fourth-order valence-corrected chi connectivity index (χ4v) is 5.15. The third-order valence-corrected chi connectivity index (χ3v) is 7.68. The molecule has 1 fully saturated rings. The number of sulfonamides is 1. The van der Waals surface area contributed by atoms with Crippen molar-refractivity contribution in [2.24, 2.45) is 0 Å². The van der Waals surface area contributed by atoms with Gasteiger partial charge in [-0.25, -0.2) is 8.42 Å². The van der Waals surface area contributed by atoms with Gasteiger partial charge in [0.15, 0.2) is 4.34 Å². The van der Waals surface area contributed by atoms with Gasteiger partial charge in [0, 0.05) is 31.9 Å². The first kappa shape index (κ1) is 19.2. The zero-order chi connectivity index (χ0) is 18.6. The van der Waals surface area contributed by atoms with Gasteiger partial charge in [0.1, 0.15) is 5.51 Å². The first-order valence-corrected chi connectivity index (χ1v) is 11.2. The third kappa shape index (κ3) is 4.80. The molecule has 1 aliphatic rings. The van der Waals surface area contributed by atoms with Crippen LogP contribution < -0.4 is 5.32 Å². The minimum absolute atomic E-state index is 0.181. The summed E-state index contributed by atoms with van der Waals surface area (Å²) in [6.07, 6.45) is 0. The van der Waals surface area contributed by atoms with Crippen LogP contribution in [-0.4, -0.2) is 72.7 Å². The fourth-order valence-electron chi connectivity index (χ4n) is 2.44. The Bertz CT molecular complexity index is 832. The Kier molecular flexibility index (Phi) is 6.24. The van der Waals surface area contributed by atoms with E-state index in [0.29, 0.717) is 18.8 Å². The second-order valence-corrected chi connectivity index (χ2v) is 9.77. The molecule has 1 N–H and O–H groups in total. The predicted molar refractivity (Wildman–Crippen MR) is 102 cm³/mol. The van der Waals surface area contributed by atoms with Crippen molar-refractivity contribution in [1.29, 1.82) is 0 Å². The van der Waals surface area contributed by atoms with E-state index >= 15 is 0 Å². The molecule has 11 heteroatoms. The maximum Gasteiger partial charge on any atom is 0.243 e. The van der Waals surface area contributed by atoms with E-state index in [0.717, 1.165) is 17.4 Å². The van der Waals surface area contributed by atoms with Crippen LogP contribution in [0.15, 0.2) is 39.0 Å². The lowest BCUT2D eigenvalue weighted by atomic mass is 10.3. The van der Waals surface area contributed by atoms with Crippen molar-refractivity contribution in [1.82, 2.24) is 19.4 Å². The molecule has 1 aromatic heterocycles. The van der Waals surface area contributed by atoms with Crippen molar-refractivity contribution in [3.63, 3.8) is 0 Å².